The smallest absolute Gasteiger partial charge is 0.296 e. The number of nitrogens with one attached hydrogen (secondary N) is 1. The number of nitrogens with two attached hydrogens (primary N) is 1. The van der Waals surface area contributed by atoms with Gasteiger partial charge in [0.25, 0.3) is 10.2 Å². The van der Waals surface area contributed by atoms with Gasteiger partial charge in [-0.15, -0.1) is 0 Å². The molecule has 1 aliphatic rings. The molecule has 0 amide bonds. The zero-order valence-corrected chi connectivity index (χ0v) is 11.5. The molecule has 2 rings (SSSR count). The van der Waals surface area contributed by atoms with Crippen molar-refractivity contribution >= 4 is 15.9 Å². The van der Waals surface area contributed by atoms with Crippen LogP contribution in [-0.2, 0) is 16.8 Å². The Morgan fingerprint density at radius 1 is 1.39 bits per heavy atom. The minimum atomic E-state index is -3.70. The van der Waals surface area contributed by atoms with Crippen LogP contribution in [0.15, 0.2) is 18.2 Å². The molecule has 1 aromatic rings. The lowest BCUT2D eigenvalue weighted by molar-refractivity contribution is 0.402. The Balaban J connectivity index is 2.29. The van der Waals surface area contributed by atoms with E-state index in [0.29, 0.717) is 11.6 Å². The van der Waals surface area contributed by atoms with Crippen LogP contribution >= 0.6 is 0 Å². The van der Waals surface area contributed by atoms with Crippen molar-refractivity contribution in [2.75, 3.05) is 18.8 Å². The largest absolute Gasteiger partial charge is 0.305 e. The predicted octanol–water partition coefficient (Wildman–Crippen LogP) is 1.24. The highest BCUT2D eigenvalue weighted by molar-refractivity contribution is 7.90. The van der Waals surface area contributed by atoms with Crippen LogP contribution in [0.2, 0.25) is 0 Å². The Morgan fingerprint density at radius 3 is 2.56 bits per heavy atom. The molecule has 1 saturated carbocycles. The van der Waals surface area contributed by atoms with E-state index < -0.39 is 10.2 Å². The van der Waals surface area contributed by atoms with Gasteiger partial charge in [0.05, 0.1) is 5.69 Å². The molecule has 0 bridgehead atoms. The van der Waals surface area contributed by atoms with Gasteiger partial charge < -0.3 is 4.90 Å². The first-order valence-corrected chi connectivity index (χ1v) is 7.48. The summed E-state index contributed by atoms with van der Waals surface area (Å²) in [5, 5.41) is 5.03. The zero-order valence-electron chi connectivity index (χ0n) is 10.7. The summed E-state index contributed by atoms with van der Waals surface area (Å²) in [4.78, 5) is 2.08. The average Bonchev–Trinajstić information content (AvgIpc) is 3.00. The summed E-state index contributed by atoms with van der Waals surface area (Å²) >= 11 is 0. The minimum absolute atomic E-state index is 0.469. The second-order valence-electron chi connectivity index (χ2n) is 5.08. The fraction of sp³-hybridized carbons (Fsp3) is 0.500. The van der Waals surface area contributed by atoms with Gasteiger partial charge in [-0.05, 0) is 50.0 Å². The third-order valence-corrected chi connectivity index (χ3v) is 3.39. The first-order valence-electron chi connectivity index (χ1n) is 5.93. The Kier molecular flexibility index (Phi) is 3.61. The Hall–Kier alpha value is -1.11. The van der Waals surface area contributed by atoms with Gasteiger partial charge in [-0.2, -0.15) is 8.42 Å². The SMILES string of the molecule is CN(C)Cc1ccc(NS(N)(=O)=O)c(C2CC2)c1. The molecule has 18 heavy (non-hydrogen) atoms. The van der Waals surface area contributed by atoms with E-state index in [1.165, 1.54) is 5.56 Å². The van der Waals surface area contributed by atoms with Gasteiger partial charge in [0.1, 0.15) is 0 Å². The lowest BCUT2D eigenvalue weighted by Gasteiger charge is -2.14. The van der Waals surface area contributed by atoms with Crippen LogP contribution in [0.25, 0.3) is 0 Å². The molecule has 0 spiro atoms. The van der Waals surface area contributed by atoms with E-state index in [4.69, 9.17) is 5.14 Å². The van der Waals surface area contributed by atoms with Crippen LogP contribution in [0.1, 0.15) is 29.9 Å². The lowest BCUT2D eigenvalue weighted by atomic mass is 10.0. The predicted molar refractivity (Wildman–Crippen MR) is 72.5 cm³/mol. The quantitative estimate of drug-likeness (QED) is 0.844. The number of nitrogens with zero attached hydrogens (tertiary/aromatic N) is 1. The molecule has 0 atom stereocenters. The molecule has 0 aliphatic heterocycles. The topological polar surface area (TPSA) is 75.4 Å². The van der Waals surface area contributed by atoms with E-state index in [9.17, 15) is 8.42 Å². The molecule has 0 saturated heterocycles. The molecule has 5 nitrogen and oxygen atoms in total. The highest BCUT2D eigenvalue weighted by Gasteiger charge is 2.27. The molecule has 0 aromatic heterocycles. The summed E-state index contributed by atoms with van der Waals surface area (Å²) in [7, 11) is 0.313. The van der Waals surface area contributed by atoms with Crippen molar-refractivity contribution in [1.29, 1.82) is 0 Å². The number of anilines is 1. The Bertz CT molecular complexity index is 536. The maximum atomic E-state index is 11.1. The van der Waals surface area contributed by atoms with E-state index in [2.05, 4.69) is 15.7 Å². The lowest BCUT2D eigenvalue weighted by Crippen LogP contribution is -2.22. The third kappa shape index (κ3) is 3.69. The molecular weight excluding hydrogens is 250 g/mol. The highest BCUT2D eigenvalue weighted by Crippen LogP contribution is 2.44. The number of hydrogen-bond acceptors (Lipinski definition) is 3. The Morgan fingerprint density at radius 2 is 2.06 bits per heavy atom. The Labute approximate surface area is 108 Å². The number of rotatable bonds is 5. The standard InChI is InChI=1S/C12H19N3O2S/c1-15(2)8-9-3-6-12(14-18(13,16)17)11(7-9)10-4-5-10/h3,6-7,10,14H,4-5,8H2,1-2H3,(H2,13,16,17). The average molecular weight is 269 g/mol. The maximum absolute atomic E-state index is 11.1. The summed E-state index contributed by atoms with van der Waals surface area (Å²) in [6.07, 6.45) is 2.23. The van der Waals surface area contributed by atoms with Crippen LogP contribution in [0.4, 0.5) is 5.69 Å². The van der Waals surface area contributed by atoms with Gasteiger partial charge in [-0.25, -0.2) is 5.14 Å². The number of benzene rings is 1. The van der Waals surface area contributed by atoms with Crippen LogP contribution in [-0.4, -0.2) is 27.4 Å². The van der Waals surface area contributed by atoms with Crippen molar-refractivity contribution in [2.45, 2.75) is 25.3 Å². The van der Waals surface area contributed by atoms with Gasteiger partial charge >= 0.3 is 0 Å². The van der Waals surface area contributed by atoms with Gasteiger partial charge in [-0.3, -0.25) is 4.72 Å². The second kappa shape index (κ2) is 4.87. The fourth-order valence-electron chi connectivity index (χ4n) is 2.05. The molecule has 0 unspecified atom stereocenters. The van der Waals surface area contributed by atoms with Crippen LogP contribution in [0, 0.1) is 0 Å². The summed E-state index contributed by atoms with van der Waals surface area (Å²) in [6.45, 7) is 0.843. The van der Waals surface area contributed by atoms with Crippen molar-refractivity contribution in [1.82, 2.24) is 4.90 Å². The number of hydrogen-bond donors (Lipinski definition) is 2. The van der Waals surface area contributed by atoms with Crippen molar-refractivity contribution in [2.24, 2.45) is 5.14 Å². The summed E-state index contributed by atoms with van der Waals surface area (Å²) < 4.78 is 24.6. The first kappa shape index (κ1) is 13.3. The van der Waals surface area contributed by atoms with Crippen molar-refractivity contribution in [3.63, 3.8) is 0 Å². The van der Waals surface area contributed by atoms with Gasteiger partial charge in [-0.1, -0.05) is 12.1 Å². The molecule has 3 N–H and O–H groups in total. The normalized spacial score (nSPS) is 16.0. The third-order valence-electron chi connectivity index (χ3n) is 2.88. The zero-order chi connectivity index (χ0) is 13.3. The maximum Gasteiger partial charge on any atom is 0.296 e. The summed E-state index contributed by atoms with van der Waals surface area (Å²) in [6, 6.07) is 5.81. The molecule has 1 aromatic carbocycles. The van der Waals surface area contributed by atoms with Crippen LogP contribution in [0.3, 0.4) is 0 Å². The minimum Gasteiger partial charge on any atom is -0.305 e. The molecule has 0 radical (unpaired) electrons. The summed E-state index contributed by atoms with van der Waals surface area (Å²) in [5.74, 6) is 0.469. The van der Waals surface area contributed by atoms with Crippen molar-refractivity contribution < 1.29 is 8.42 Å². The highest BCUT2D eigenvalue weighted by atomic mass is 32.2. The summed E-state index contributed by atoms with van der Waals surface area (Å²) in [5.41, 5.74) is 2.85. The molecule has 1 fully saturated rings. The van der Waals surface area contributed by atoms with Crippen molar-refractivity contribution in [3.8, 4) is 0 Å². The molecule has 100 valence electrons. The van der Waals surface area contributed by atoms with Gasteiger partial charge in [0.15, 0.2) is 0 Å². The van der Waals surface area contributed by atoms with E-state index in [1.54, 1.807) is 6.07 Å². The van der Waals surface area contributed by atoms with E-state index in [-0.39, 0.29) is 0 Å². The monoisotopic (exact) mass is 269 g/mol. The van der Waals surface area contributed by atoms with Gasteiger partial charge in [0.2, 0.25) is 0 Å². The first-order chi connectivity index (χ1) is 8.35. The second-order valence-corrected chi connectivity index (χ2v) is 6.37. The molecule has 1 aliphatic carbocycles. The van der Waals surface area contributed by atoms with E-state index in [1.807, 2.05) is 20.2 Å². The van der Waals surface area contributed by atoms with E-state index in [0.717, 1.165) is 24.9 Å². The van der Waals surface area contributed by atoms with E-state index >= 15 is 0 Å². The fourth-order valence-corrected chi connectivity index (χ4v) is 2.55. The molecule has 0 heterocycles. The van der Waals surface area contributed by atoms with Crippen LogP contribution in [0.5, 0.6) is 0 Å². The van der Waals surface area contributed by atoms with Crippen molar-refractivity contribution in [3.05, 3.63) is 29.3 Å². The van der Waals surface area contributed by atoms with Crippen LogP contribution < -0.4 is 9.86 Å². The van der Waals surface area contributed by atoms with Gasteiger partial charge in [0, 0.05) is 6.54 Å². The molecular formula is C12H19N3O2S. The molecule has 6 heteroatoms.